The first-order chi connectivity index (χ1) is 9.83. The highest BCUT2D eigenvalue weighted by Crippen LogP contribution is 2.28. The highest BCUT2D eigenvalue weighted by Gasteiger charge is 2.30. The van der Waals surface area contributed by atoms with Crippen molar-refractivity contribution in [2.45, 2.75) is 24.5 Å². The largest absolute Gasteiger partial charge is 0.343 e. The van der Waals surface area contributed by atoms with Crippen LogP contribution in [0.1, 0.15) is 18.7 Å². The maximum absolute atomic E-state index is 12.4. The number of rotatable bonds is 3. The van der Waals surface area contributed by atoms with Crippen LogP contribution < -0.4 is 0 Å². The molecular weight excluding hydrogens is 294 g/mol. The SMILES string of the molecule is O=C(C1CSCCS1)N1CCC(Cc2ncon2)CC1. The van der Waals surface area contributed by atoms with Gasteiger partial charge in [-0.15, -0.1) is 11.8 Å². The van der Waals surface area contributed by atoms with E-state index < -0.39 is 0 Å². The van der Waals surface area contributed by atoms with Crippen LogP contribution in [0.15, 0.2) is 10.9 Å². The molecule has 2 saturated heterocycles. The molecule has 0 aliphatic carbocycles. The van der Waals surface area contributed by atoms with Crippen molar-refractivity contribution in [3.63, 3.8) is 0 Å². The third kappa shape index (κ3) is 3.49. The Kier molecular flexibility index (Phi) is 4.88. The Morgan fingerprint density at radius 1 is 1.40 bits per heavy atom. The second-order valence-corrected chi connectivity index (χ2v) is 7.72. The van der Waals surface area contributed by atoms with Gasteiger partial charge >= 0.3 is 0 Å². The normalized spacial score (nSPS) is 24.8. The highest BCUT2D eigenvalue weighted by molar-refractivity contribution is 8.07. The van der Waals surface area contributed by atoms with Crippen LogP contribution in [0.25, 0.3) is 0 Å². The number of nitrogens with zero attached hydrogens (tertiary/aromatic N) is 3. The first-order valence-corrected chi connectivity index (χ1v) is 9.26. The van der Waals surface area contributed by atoms with E-state index in [9.17, 15) is 4.79 Å². The number of thioether (sulfide) groups is 2. The first kappa shape index (κ1) is 14.3. The van der Waals surface area contributed by atoms with Gasteiger partial charge in [-0.3, -0.25) is 4.79 Å². The molecule has 2 aliphatic rings. The topological polar surface area (TPSA) is 59.2 Å². The van der Waals surface area contributed by atoms with Crippen LogP contribution in [0.5, 0.6) is 0 Å². The fraction of sp³-hybridized carbons (Fsp3) is 0.769. The van der Waals surface area contributed by atoms with E-state index in [0.29, 0.717) is 11.8 Å². The quantitative estimate of drug-likeness (QED) is 0.846. The summed E-state index contributed by atoms with van der Waals surface area (Å²) in [4.78, 5) is 18.6. The van der Waals surface area contributed by atoms with Crippen molar-refractivity contribution in [1.29, 1.82) is 0 Å². The van der Waals surface area contributed by atoms with Crippen molar-refractivity contribution in [1.82, 2.24) is 15.0 Å². The Morgan fingerprint density at radius 3 is 2.90 bits per heavy atom. The molecule has 0 spiro atoms. The smallest absolute Gasteiger partial charge is 0.236 e. The van der Waals surface area contributed by atoms with E-state index in [1.807, 2.05) is 23.5 Å². The Morgan fingerprint density at radius 2 is 2.25 bits per heavy atom. The monoisotopic (exact) mass is 313 g/mol. The second kappa shape index (κ2) is 6.85. The summed E-state index contributed by atoms with van der Waals surface area (Å²) in [5, 5.41) is 4.05. The molecule has 1 aromatic heterocycles. The van der Waals surface area contributed by atoms with Gasteiger partial charge in [-0.2, -0.15) is 16.7 Å². The average Bonchev–Trinajstić information content (AvgIpc) is 3.01. The van der Waals surface area contributed by atoms with E-state index in [1.165, 1.54) is 12.1 Å². The zero-order valence-electron chi connectivity index (χ0n) is 11.4. The number of aromatic nitrogens is 2. The van der Waals surface area contributed by atoms with Crippen LogP contribution in [0.4, 0.5) is 0 Å². The lowest BCUT2D eigenvalue weighted by molar-refractivity contribution is -0.131. The van der Waals surface area contributed by atoms with Gasteiger partial charge in [0.1, 0.15) is 0 Å². The summed E-state index contributed by atoms with van der Waals surface area (Å²) in [6.45, 7) is 1.76. The van der Waals surface area contributed by atoms with Crippen molar-refractivity contribution in [2.24, 2.45) is 5.92 Å². The molecule has 1 unspecified atom stereocenters. The number of piperidine rings is 1. The Hall–Kier alpha value is -0.690. The molecule has 0 saturated carbocycles. The van der Waals surface area contributed by atoms with Crippen LogP contribution in [0.3, 0.4) is 0 Å². The average molecular weight is 313 g/mol. The lowest BCUT2D eigenvalue weighted by atomic mass is 9.93. The molecule has 0 aromatic carbocycles. The summed E-state index contributed by atoms with van der Waals surface area (Å²) in [6.07, 6.45) is 4.34. The summed E-state index contributed by atoms with van der Waals surface area (Å²) in [6, 6.07) is 0. The van der Waals surface area contributed by atoms with Crippen molar-refractivity contribution in [2.75, 3.05) is 30.3 Å². The van der Waals surface area contributed by atoms with Gasteiger partial charge in [-0.05, 0) is 18.8 Å². The third-order valence-corrected chi connectivity index (χ3v) is 6.64. The fourth-order valence-electron chi connectivity index (χ4n) is 2.73. The molecule has 3 rings (SSSR count). The van der Waals surface area contributed by atoms with E-state index >= 15 is 0 Å². The van der Waals surface area contributed by atoms with Crippen LogP contribution >= 0.6 is 23.5 Å². The molecule has 0 N–H and O–H groups in total. The maximum atomic E-state index is 12.4. The molecule has 0 bridgehead atoms. The van der Waals surface area contributed by atoms with Crippen LogP contribution in [0, 0.1) is 5.92 Å². The predicted molar refractivity (Wildman–Crippen MR) is 80.9 cm³/mol. The number of hydrogen-bond donors (Lipinski definition) is 0. The molecule has 1 aromatic rings. The third-order valence-electron chi connectivity index (χ3n) is 3.90. The molecule has 7 heteroatoms. The van der Waals surface area contributed by atoms with Crippen LogP contribution in [0.2, 0.25) is 0 Å². The van der Waals surface area contributed by atoms with Crippen molar-refractivity contribution in [3.05, 3.63) is 12.2 Å². The van der Waals surface area contributed by atoms with E-state index in [4.69, 9.17) is 4.52 Å². The highest BCUT2D eigenvalue weighted by atomic mass is 32.2. The Labute approximate surface area is 127 Å². The lowest BCUT2D eigenvalue weighted by Crippen LogP contribution is -2.44. The molecule has 0 radical (unpaired) electrons. The van der Waals surface area contributed by atoms with Crippen LogP contribution in [-0.4, -0.2) is 56.5 Å². The van der Waals surface area contributed by atoms with E-state index in [-0.39, 0.29) is 5.25 Å². The number of likely N-dealkylation sites (tertiary alicyclic amines) is 1. The molecule has 1 amide bonds. The summed E-state index contributed by atoms with van der Waals surface area (Å²) in [5.74, 6) is 4.97. The van der Waals surface area contributed by atoms with E-state index in [1.54, 1.807) is 0 Å². The molecular formula is C13H19N3O2S2. The van der Waals surface area contributed by atoms with Crippen molar-refractivity contribution in [3.8, 4) is 0 Å². The summed E-state index contributed by atoms with van der Waals surface area (Å²) in [7, 11) is 0. The molecule has 110 valence electrons. The fourth-order valence-corrected chi connectivity index (χ4v) is 5.36. The first-order valence-electron chi connectivity index (χ1n) is 7.06. The zero-order valence-corrected chi connectivity index (χ0v) is 13.0. The molecule has 2 aliphatic heterocycles. The molecule has 20 heavy (non-hydrogen) atoms. The van der Waals surface area contributed by atoms with E-state index in [0.717, 1.165) is 49.7 Å². The molecule has 3 heterocycles. The summed E-state index contributed by atoms with van der Waals surface area (Å²) < 4.78 is 4.76. The summed E-state index contributed by atoms with van der Waals surface area (Å²) >= 11 is 3.73. The minimum absolute atomic E-state index is 0.183. The second-order valence-electron chi connectivity index (χ2n) is 5.25. The van der Waals surface area contributed by atoms with Gasteiger partial charge in [0, 0.05) is 36.8 Å². The number of amides is 1. The van der Waals surface area contributed by atoms with Gasteiger partial charge in [0.25, 0.3) is 0 Å². The van der Waals surface area contributed by atoms with Gasteiger partial charge in [0.15, 0.2) is 5.82 Å². The van der Waals surface area contributed by atoms with E-state index in [2.05, 4.69) is 15.0 Å². The number of carbonyl (C=O) groups excluding carboxylic acids is 1. The van der Waals surface area contributed by atoms with Crippen molar-refractivity contribution >= 4 is 29.4 Å². The minimum atomic E-state index is 0.183. The minimum Gasteiger partial charge on any atom is -0.343 e. The predicted octanol–water partition coefficient (Wildman–Crippen LogP) is 1.70. The van der Waals surface area contributed by atoms with Gasteiger partial charge < -0.3 is 9.42 Å². The number of hydrogen-bond acceptors (Lipinski definition) is 6. The molecule has 1 atom stereocenters. The maximum Gasteiger partial charge on any atom is 0.236 e. The molecule has 2 fully saturated rings. The lowest BCUT2D eigenvalue weighted by Gasteiger charge is -2.34. The van der Waals surface area contributed by atoms with Gasteiger partial charge in [-0.25, -0.2) is 0 Å². The standard InChI is InChI=1S/C13H19N3O2S2/c17-13(11-8-19-5-6-20-11)16-3-1-10(2-4-16)7-12-14-9-18-15-12/h9-11H,1-8H2. The van der Waals surface area contributed by atoms with Gasteiger partial charge in [0.2, 0.25) is 12.3 Å². The van der Waals surface area contributed by atoms with Crippen molar-refractivity contribution < 1.29 is 9.32 Å². The summed E-state index contributed by atoms with van der Waals surface area (Å²) in [5.41, 5.74) is 0. The zero-order chi connectivity index (χ0) is 13.8. The Bertz CT molecular complexity index is 427. The van der Waals surface area contributed by atoms with Gasteiger partial charge in [0.05, 0.1) is 5.25 Å². The Balaban J connectivity index is 1.46. The molecule has 5 nitrogen and oxygen atoms in total. The number of carbonyl (C=O) groups is 1. The van der Waals surface area contributed by atoms with Crippen LogP contribution in [-0.2, 0) is 11.2 Å². The van der Waals surface area contributed by atoms with Gasteiger partial charge in [-0.1, -0.05) is 5.16 Å².